The Balaban J connectivity index is 1.68. The van der Waals surface area contributed by atoms with E-state index in [1.54, 1.807) is 23.2 Å². The molecule has 0 radical (unpaired) electrons. The maximum absolute atomic E-state index is 12.2. The van der Waals surface area contributed by atoms with Crippen molar-refractivity contribution in [3.63, 3.8) is 0 Å². The molecule has 2 aromatic rings. The third-order valence-corrected chi connectivity index (χ3v) is 3.76. The molecule has 0 fully saturated rings. The van der Waals surface area contributed by atoms with E-state index in [9.17, 15) is 9.59 Å². The third kappa shape index (κ3) is 4.15. The van der Waals surface area contributed by atoms with Gasteiger partial charge in [-0.3, -0.25) is 14.7 Å². The molecule has 0 spiro atoms. The first kappa shape index (κ1) is 17.0. The van der Waals surface area contributed by atoms with Crippen LogP contribution in [0.1, 0.15) is 42.3 Å². The lowest BCUT2D eigenvalue weighted by molar-refractivity contribution is 0.0241. The first-order chi connectivity index (χ1) is 11.8. The molecule has 0 saturated carbocycles. The molecule has 1 aromatic carbocycles. The van der Waals surface area contributed by atoms with Gasteiger partial charge in [0.2, 0.25) is 0 Å². The highest BCUT2D eigenvalue weighted by atomic mass is 16.6. The average molecular weight is 339 g/mol. The van der Waals surface area contributed by atoms with Gasteiger partial charge >= 0.3 is 6.09 Å². The number of nitrogens with one attached hydrogen (secondary N) is 1. The van der Waals surface area contributed by atoms with Crippen molar-refractivity contribution < 1.29 is 14.3 Å². The van der Waals surface area contributed by atoms with Crippen LogP contribution < -0.4 is 5.32 Å². The number of anilines is 1. The molecule has 0 aliphatic carbocycles. The number of hydrogen-bond donors (Lipinski definition) is 1. The Morgan fingerprint density at radius 1 is 1.16 bits per heavy atom. The zero-order valence-corrected chi connectivity index (χ0v) is 14.6. The molecule has 2 heterocycles. The molecule has 6 nitrogen and oxygen atoms in total. The number of aromatic nitrogens is 1. The highest BCUT2D eigenvalue weighted by Gasteiger charge is 2.27. The lowest BCUT2D eigenvalue weighted by Crippen LogP contribution is -2.33. The zero-order chi connectivity index (χ0) is 18.0. The quantitative estimate of drug-likeness (QED) is 0.908. The number of ether oxygens (including phenoxy) is 1. The van der Waals surface area contributed by atoms with Crippen LogP contribution in [0.5, 0.6) is 0 Å². The van der Waals surface area contributed by atoms with Crippen molar-refractivity contribution in [2.75, 3.05) is 5.32 Å². The van der Waals surface area contributed by atoms with E-state index in [0.29, 0.717) is 24.3 Å². The minimum atomic E-state index is -0.519. The Labute approximate surface area is 146 Å². The number of benzene rings is 1. The van der Waals surface area contributed by atoms with Gasteiger partial charge in [-0.1, -0.05) is 6.07 Å². The fourth-order valence-corrected chi connectivity index (χ4v) is 2.63. The van der Waals surface area contributed by atoms with Crippen molar-refractivity contribution in [1.82, 2.24) is 9.88 Å². The Morgan fingerprint density at radius 3 is 2.60 bits per heavy atom. The summed E-state index contributed by atoms with van der Waals surface area (Å²) in [5.74, 6) is -0.213. The summed E-state index contributed by atoms with van der Waals surface area (Å²) < 4.78 is 5.42. The SMILES string of the molecule is CC(C)(C)OC(=O)N1Cc2ccc(NC(=O)c3cccnc3)cc2C1. The summed E-state index contributed by atoms with van der Waals surface area (Å²) in [5, 5.41) is 2.86. The van der Waals surface area contributed by atoms with Gasteiger partial charge in [-0.25, -0.2) is 4.79 Å². The van der Waals surface area contributed by atoms with Crippen LogP contribution in [0.2, 0.25) is 0 Å². The largest absolute Gasteiger partial charge is 0.444 e. The lowest BCUT2D eigenvalue weighted by atomic mass is 10.1. The summed E-state index contributed by atoms with van der Waals surface area (Å²) in [6, 6.07) is 9.09. The van der Waals surface area contributed by atoms with Crippen LogP contribution in [0.15, 0.2) is 42.7 Å². The van der Waals surface area contributed by atoms with E-state index in [0.717, 1.165) is 11.1 Å². The van der Waals surface area contributed by atoms with Crippen molar-refractivity contribution in [2.45, 2.75) is 39.5 Å². The Kier molecular flexibility index (Phi) is 4.44. The number of carbonyl (C=O) groups is 2. The monoisotopic (exact) mass is 339 g/mol. The smallest absolute Gasteiger partial charge is 0.410 e. The number of pyridine rings is 1. The van der Waals surface area contributed by atoms with E-state index < -0.39 is 5.60 Å². The van der Waals surface area contributed by atoms with Gasteiger partial charge < -0.3 is 10.1 Å². The number of carbonyl (C=O) groups excluding carboxylic acids is 2. The summed E-state index contributed by atoms with van der Waals surface area (Å²) in [6.45, 7) is 6.53. The van der Waals surface area contributed by atoms with E-state index in [-0.39, 0.29) is 12.0 Å². The highest BCUT2D eigenvalue weighted by molar-refractivity contribution is 6.04. The van der Waals surface area contributed by atoms with Crippen molar-refractivity contribution >= 4 is 17.7 Å². The molecule has 1 N–H and O–H groups in total. The van der Waals surface area contributed by atoms with Crippen molar-refractivity contribution in [2.24, 2.45) is 0 Å². The lowest BCUT2D eigenvalue weighted by Gasteiger charge is -2.24. The van der Waals surface area contributed by atoms with Gasteiger partial charge in [-0.05, 0) is 56.2 Å². The second-order valence-electron chi connectivity index (χ2n) is 7.02. The molecule has 0 unspecified atom stereocenters. The maximum atomic E-state index is 12.2. The minimum Gasteiger partial charge on any atom is -0.444 e. The summed E-state index contributed by atoms with van der Waals surface area (Å²) >= 11 is 0. The van der Waals surface area contributed by atoms with Gasteiger partial charge in [0.05, 0.1) is 5.56 Å². The molecular weight excluding hydrogens is 318 g/mol. The van der Waals surface area contributed by atoms with Gasteiger partial charge in [-0.15, -0.1) is 0 Å². The molecular formula is C19H21N3O3. The van der Waals surface area contributed by atoms with Crippen molar-refractivity contribution in [3.8, 4) is 0 Å². The van der Waals surface area contributed by atoms with Crippen LogP contribution in [-0.4, -0.2) is 27.5 Å². The number of rotatable bonds is 2. The summed E-state index contributed by atoms with van der Waals surface area (Å²) in [7, 11) is 0. The van der Waals surface area contributed by atoms with Gasteiger partial charge in [-0.2, -0.15) is 0 Å². The second kappa shape index (κ2) is 6.55. The van der Waals surface area contributed by atoms with Gasteiger partial charge in [0.25, 0.3) is 5.91 Å². The predicted octanol–water partition coefficient (Wildman–Crippen LogP) is 3.58. The molecule has 130 valence electrons. The molecule has 1 aromatic heterocycles. The normalized spacial score (nSPS) is 13.3. The summed E-state index contributed by atoms with van der Waals surface area (Å²) in [6.07, 6.45) is 2.81. The Hall–Kier alpha value is -2.89. The van der Waals surface area contributed by atoms with E-state index in [1.165, 1.54) is 6.20 Å². The Bertz CT molecular complexity index is 797. The topological polar surface area (TPSA) is 71.5 Å². The molecule has 6 heteroatoms. The van der Waals surface area contributed by atoms with Crippen molar-refractivity contribution in [3.05, 3.63) is 59.4 Å². The first-order valence-electron chi connectivity index (χ1n) is 8.13. The fraction of sp³-hybridized carbons (Fsp3) is 0.316. The second-order valence-corrected chi connectivity index (χ2v) is 7.02. The highest BCUT2D eigenvalue weighted by Crippen LogP contribution is 2.27. The van der Waals surface area contributed by atoms with E-state index in [1.807, 2.05) is 39.0 Å². The van der Waals surface area contributed by atoms with E-state index in [4.69, 9.17) is 4.74 Å². The van der Waals surface area contributed by atoms with Crippen LogP contribution in [0.3, 0.4) is 0 Å². The van der Waals surface area contributed by atoms with Crippen LogP contribution >= 0.6 is 0 Å². The van der Waals surface area contributed by atoms with E-state index >= 15 is 0 Å². The van der Waals surface area contributed by atoms with Gasteiger partial charge in [0.1, 0.15) is 5.60 Å². The van der Waals surface area contributed by atoms with E-state index in [2.05, 4.69) is 10.3 Å². The molecule has 0 bridgehead atoms. The minimum absolute atomic E-state index is 0.213. The van der Waals surface area contributed by atoms with Crippen LogP contribution in [0.25, 0.3) is 0 Å². The zero-order valence-electron chi connectivity index (χ0n) is 14.6. The third-order valence-electron chi connectivity index (χ3n) is 3.76. The van der Waals surface area contributed by atoms with Crippen LogP contribution in [-0.2, 0) is 17.8 Å². The van der Waals surface area contributed by atoms with Crippen LogP contribution in [0.4, 0.5) is 10.5 Å². The molecule has 25 heavy (non-hydrogen) atoms. The molecule has 3 rings (SSSR count). The van der Waals surface area contributed by atoms with Gasteiger partial charge in [0, 0.05) is 31.2 Å². The summed E-state index contributed by atoms with van der Waals surface area (Å²) in [4.78, 5) is 30.0. The molecule has 0 atom stereocenters. The number of hydrogen-bond acceptors (Lipinski definition) is 4. The van der Waals surface area contributed by atoms with Crippen LogP contribution in [0, 0.1) is 0 Å². The van der Waals surface area contributed by atoms with Gasteiger partial charge in [0.15, 0.2) is 0 Å². The average Bonchev–Trinajstić information content (AvgIpc) is 2.97. The molecule has 0 saturated heterocycles. The first-order valence-corrected chi connectivity index (χ1v) is 8.13. The summed E-state index contributed by atoms with van der Waals surface area (Å²) in [5.41, 5.74) is 2.74. The Morgan fingerprint density at radius 2 is 1.92 bits per heavy atom. The predicted molar refractivity (Wildman–Crippen MR) is 94.1 cm³/mol. The molecule has 2 amide bonds. The van der Waals surface area contributed by atoms with Crippen molar-refractivity contribution in [1.29, 1.82) is 0 Å². The number of fused-ring (bicyclic) bond motifs is 1. The molecule has 1 aliphatic rings. The number of nitrogens with zero attached hydrogens (tertiary/aromatic N) is 2. The fourth-order valence-electron chi connectivity index (χ4n) is 2.63. The standard InChI is InChI=1S/C19H21N3O3/c1-19(2,3)25-18(24)22-11-14-6-7-16(9-15(14)12-22)21-17(23)13-5-4-8-20-10-13/h4-10H,11-12H2,1-3H3,(H,21,23). The number of amides is 2. The molecule has 1 aliphatic heterocycles. The maximum Gasteiger partial charge on any atom is 0.410 e.